The Bertz CT molecular complexity index is 1640. The maximum absolute atomic E-state index is 13.7. The quantitative estimate of drug-likeness (QED) is 0.328. The molecule has 0 saturated heterocycles. The third kappa shape index (κ3) is 4.01. The van der Waals surface area contributed by atoms with Crippen molar-refractivity contribution in [2.75, 3.05) is 18.6 Å². The summed E-state index contributed by atoms with van der Waals surface area (Å²) in [6.07, 6.45) is 0.491. The van der Waals surface area contributed by atoms with Crippen LogP contribution >= 0.6 is 11.6 Å². The van der Waals surface area contributed by atoms with E-state index in [1.54, 1.807) is 19.2 Å². The molecule has 1 atom stereocenters. The number of fused-ring (bicyclic) bond motifs is 2. The van der Waals surface area contributed by atoms with Gasteiger partial charge in [0.05, 0.1) is 30.1 Å². The Kier molecular flexibility index (Phi) is 5.93. The van der Waals surface area contributed by atoms with Gasteiger partial charge < -0.3 is 4.74 Å². The van der Waals surface area contributed by atoms with Gasteiger partial charge in [-0.25, -0.2) is 5.01 Å². The standard InChI is InChI=1S/C30H22ClN3O4/c1-38-21-12-9-19(10-13-21)27-16-25(23-8-4-6-18-5-2-3-7-22(18)23)32-34(27)28(35)17-33-26-14-11-20(31)15-24(26)29(36)30(33)37/h2-15,27H,16-17H2,1H3. The number of carbonyl (C=O) groups excluding carboxylic acids is 3. The molecule has 4 aromatic carbocycles. The van der Waals surface area contributed by atoms with Crippen LogP contribution in [0.3, 0.4) is 0 Å². The van der Waals surface area contributed by atoms with Gasteiger partial charge in [-0.05, 0) is 46.7 Å². The molecule has 0 saturated carbocycles. The summed E-state index contributed by atoms with van der Waals surface area (Å²) in [5.74, 6) is -1.13. The highest BCUT2D eigenvalue weighted by Crippen LogP contribution is 2.36. The number of methoxy groups -OCH3 is 1. The minimum absolute atomic E-state index is 0.198. The van der Waals surface area contributed by atoms with Crippen LogP contribution in [-0.4, -0.2) is 42.0 Å². The van der Waals surface area contributed by atoms with Gasteiger partial charge in [0.15, 0.2) is 0 Å². The Morgan fingerprint density at radius 2 is 1.74 bits per heavy atom. The second-order valence-corrected chi connectivity index (χ2v) is 9.62. The summed E-state index contributed by atoms with van der Waals surface area (Å²) in [6, 6.07) is 25.8. The Morgan fingerprint density at radius 1 is 0.974 bits per heavy atom. The van der Waals surface area contributed by atoms with E-state index in [9.17, 15) is 14.4 Å². The number of carbonyl (C=O) groups is 3. The van der Waals surface area contributed by atoms with Crippen LogP contribution in [0.4, 0.5) is 5.69 Å². The van der Waals surface area contributed by atoms with Gasteiger partial charge in [0, 0.05) is 17.0 Å². The molecule has 0 spiro atoms. The van der Waals surface area contributed by atoms with E-state index >= 15 is 0 Å². The largest absolute Gasteiger partial charge is 0.497 e. The van der Waals surface area contributed by atoms with Crippen LogP contribution in [0, 0.1) is 0 Å². The zero-order chi connectivity index (χ0) is 26.4. The summed E-state index contributed by atoms with van der Waals surface area (Å²) in [4.78, 5) is 40.3. The molecule has 6 rings (SSSR count). The molecule has 0 aliphatic carbocycles. The normalized spacial score (nSPS) is 16.7. The number of benzene rings is 4. The Hall–Kier alpha value is -4.49. The molecule has 7 nitrogen and oxygen atoms in total. The number of anilines is 1. The smallest absolute Gasteiger partial charge is 0.299 e. The van der Waals surface area contributed by atoms with E-state index in [0.29, 0.717) is 22.9 Å². The zero-order valence-corrected chi connectivity index (χ0v) is 21.2. The van der Waals surface area contributed by atoms with Gasteiger partial charge in [-0.15, -0.1) is 0 Å². The van der Waals surface area contributed by atoms with Crippen molar-refractivity contribution >= 4 is 51.4 Å². The molecule has 2 aliphatic heterocycles. The molecular weight excluding hydrogens is 502 g/mol. The minimum Gasteiger partial charge on any atom is -0.497 e. The lowest BCUT2D eigenvalue weighted by atomic mass is 9.95. The minimum atomic E-state index is -0.755. The molecule has 4 aromatic rings. The molecule has 0 aromatic heterocycles. The molecule has 38 heavy (non-hydrogen) atoms. The fourth-order valence-corrected chi connectivity index (χ4v) is 5.28. The second kappa shape index (κ2) is 9.43. The van der Waals surface area contributed by atoms with Crippen LogP contribution in [0.5, 0.6) is 5.75 Å². The summed E-state index contributed by atoms with van der Waals surface area (Å²) >= 11 is 6.03. The van der Waals surface area contributed by atoms with Crippen LogP contribution in [-0.2, 0) is 9.59 Å². The van der Waals surface area contributed by atoms with Crippen LogP contribution in [0.15, 0.2) is 90.0 Å². The fraction of sp³-hybridized carbons (Fsp3) is 0.133. The van der Waals surface area contributed by atoms with Crippen molar-refractivity contribution in [3.8, 4) is 5.75 Å². The van der Waals surface area contributed by atoms with E-state index in [-0.39, 0.29) is 18.2 Å². The van der Waals surface area contributed by atoms with E-state index in [1.807, 2.05) is 66.7 Å². The van der Waals surface area contributed by atoms with Gasteiger partial charge in [0.2, 0.25) is 0 Å². The predicted molar refractivity (Wildman–Crippen MR) is 146 cm³/mol. The number of rotatable bonds is 5. The number of amides is 2. The molecule has 0 radical (unpaired) electrons. The van der Waals surface area contributed by atoms with Crippen molar-refractivity contribution in [2.45, 2.75) is 12.5 Å². The van der Waals surface area contributed by atoms with Gasteiger partial charge in [0.1, 0.15) is 12.3 Å². The molecule has 2 aliphatic rings. The maximum Gasteiger partial charge on any atom is 0.299 e. The van der Waals surface area contributed by atoms with Crippen LogP contribution < -0.4 is 9.64 Å². The first-order valence-electron chi connectivity index (χ1n) is 12.1. The molecule has 1 unspecified atom stereocenters. The van der Waals surface area contributed by atoms with Crippen LogP contribution in [0.2, 0.25) is 5.02 Å². The van der Waals surface area contributed by atoms with Crippen molar-refractivity contribution in [1.29, 1.82) is 0 Å². The first kappa shape index (κ1) is 23.9. The van der Waals surface area contributed by atoms with E-state index < -0.39 is 17.6 Å². The van der Waals surface area contributed by atoms with E-state index in [0.717, 1.165) is 27.6 Å². The number of hydrazone groups is 1. The molecule has 2 amide bonds. The molecule has 0 bridgehead atoms. The second-order valence-electron chi connectivity index (χ2n) is 9.19. The topological polar surface area (TPSA) is 79.3 Å². The van der Waals surface area contributed by atoms with Crippen molar-refractivity contribution in [1.82, 2.24) is 5.01 Å². The summed E-state index contributed by atoms with van der Waals surface area (Å²) in [5.41, 5.74) is 3.17. The zero-order valence-electron chi connectivity index (χ0n) is 20.4. The average molecular weight is 524 g/mol. The third-order valence-corrected chi connectivity index (χ3v) is 7.23. The lowest BCUT2D eigenvalue weighted by Crippen LogP contribution is -2.40. The van der Waals surface area contributed by atoms with Crippen molar-refractivity contribution in [3.05, 3.63) is 107 Å². The summed E-state index contributed by atoms with van der Waals surface area (Å²) in [5, 5.41) is 8.70. The molecular formula is C30H22ClN3O4. The van der Waals surface area contributed by atoms with Gasteiger partial charge >= 0.3 is 0 Å². The van der Waals surface area contributed by atoms with Gasteiger partial charge in [-0.3, -0.25) is 19.3 Å². The lowest BCUT2D eigenvalue weighted by Gasteiger charge is -2.25. The van der Waals surface area contributed by atoms with Crippen molar-refractivity contribution in [3.63, 3.8) is 0 Å². The molecule has 0 fully saturated rings. The number of Topliss-reactive ketones (excluding diaryl/α,β-unsaturated/α-hetero) is 1. The van der Waals surface area contributed by atoms with Crippen molar-refractivity contribution < 1.29 is 19.1 Å². The number of hydrogen-bond donors (Lipinski definition) is 0. The van der Waals surface area contributed by atoms with E-state index in [1.165, 1.54) is 16.0 Å². The van der Waals surface area contributed by atoms with Gasteiger partial charge in [-0.1, -0.05) is 66.2 Å². The number of hydrogen-bond acceptors (Lipinski definition) is 5. The third-order valence-electron chi connectivity index (χ3n) is 6.99. The molecule has 188 valence electrons. The van der Waals surface area contributed by atoms with Gasteiger partial charge in [0.25, 0.3) is 17.6 Å². The first-order valence-corrected chi connectivity index (χ1v) is 12.5. The average Bonchev–Trinajstić information content (AvgIpc) is 3.49. The Morgan fingerprint density at radius 3 is 2.53 bits per heavy atom. The van der Waals surface area contributed by atoms with Crippen LogP contribution in [0.1, 0.15) is 33.9 Å². The summed E-state index contributed by atoms with van der Waals surface area (Å²) < 4.78 is 5.30. The molecule has 2 heterocycles. The number of ether oxygens (including phenoxy) is 1. The highest BCUT2D eigenvalue weighted by atomic mass is 35.5. The van der Waals surface area contributed by atoms with E-state index in [2.05, 4.69) is 0 Å². The predicted octanol–water partition coefficient (Wildman–Crippen LogP) is 5.41. The number of halogens is 1. The number of ketones is 1. The molecule has 0 N–H and O–H groups in total. The molecule has 8 heteroatoms. The first-order chi connectivity index (χ1) is 18.4. The van der Waals surface area contributed by atoms with Gasteiger partial charge in [-0.2, -0.15) is 5.10 Å². The van der Waals surface area contributed by atoms with Crippen LogP contribution in [0.25, 0.3) is 10.8 Å². The fourth-order valence-electron chi connectivity index (χ4n) is 5.10. The highest BCUT2D eigenvalue weighted by Gasteiger charge is 2.40. The Balaban J connectivity index is 1.38. The summed E-state index contributed by atoms with van der Waals surface area (Å²) in [6.45, 7) is -0.321. The van der Waals surface area contributed by atoms with Crippen molar-refractivity contribution in [2.24, 2.45) is 5.10 Å². The SMILES string of the molecule is COc1ccc(C2CC(c3cccc4ccccc34)=NN2C(=O)CN2C(=O)C(=O)c3cc(Cl)ccc32)cc1. The van der Waals surface area contributed by atoms with E-state index in [4.69, 9.17) is 21.4 Å². The number of nitrogens with zero attached hydrogens (tertiary/aromatic N) is 3. The highest BCUT2D eigenvalue weighted by molar-refractivity contribution is 6.53. The Labute approximate surface area is 223 Å². The monoisotopic (exact) mass is 523 g/mol. The summed E-state index contributed by atoms with van der Waals surface area (Å²) in [7, 11) is 1.60. The maximum atomic E-state index is 13.7. The lowest BCUT2D eigenvalue weighted by molar-refractivity contribution is -0.132.